The molecule has 546 valence electrons. The van der Waals surface area contributed by atoms with Gasteiger partial charge in [0.2, 0.25) is 0 Å². The van der Waals surface area contributed by atoms with E-state index >= 15 is 0 Å². The maximum atomic E-state index is 13.1. The van der Waals surface area contributed by atoms with Gasteiger partial charge in [0.25, 0.3) is 0 Å². The zero-order valence-electron chi connectivity index (χ0n) is 59.9. The lowest BCUT2D eigenvalue weighted by Crippen LogP contribution is -2.30. The normalized spacial score (nSPS) is 14.1. The highest BCUT2D eigenvalue weighted by molar-refractivity contribution is 7.47. The van der Waals surface area contributed by atoms with E-state index in [1.165, 1.54) is 193 Å². The van der Waals surface area contributed by atoms with Gasteiger partial charge in [-0.1, -0.05) is 324 Å². The SMILES string of the molecule is CCCCCCCCCCCCC(=O)OC[C@H](COP(=O)(O)OC[C@H](O)COP(=O)(O)OC[C@@H](COC(=O)CCCCCCCCCCCCCCCC(C)C)OC(=O)CCCCCCCCCCCCCCCC(C)C)OC(=O)CCCCCCCCCCCC. The third kappa shape index (κ3) is 66.7. The molecule has 0 aromatic rings. The number of phosphoric ester groups is 2. The number of carbonyl (C=O) groups excluding carboxylic acids is 4. The van der Waals surface area contributed by atoms with E-state index in [4.69, 9.17) is 37.0 Å². The highest BCUT2D eigenvalue weighted by atomic mass is 31.2. The van der Waals surface area contributed by atoms with Crippen LogP contribution in [0, 0.1) is 11.8 Å². The molecule has 92 heavy (non-hydrogen) atoms. The van der Waals surface area contributed by atoms with Gasteiger partial charge in [-0.15, -0.1) is 0 Å². The van der Waals surface area contributed by atoms with Crippen LogP contribution < -0.4 is 0 Å². The van der Waals surface area contributed by atoms with E-state index in [1.807, 2.05) is 0 Å². The van der Waals surface area contributed by atoms with E-state index in [0.29, 0.717) is 25.7 Å². The van der Waals surface area contributed by atoms with Gasteiger partial charge >= 0.3 is 39.5 Å². The molecule has 19 heteroatoms. The minimum atomic E-state index is -4.95. The molecule has 2 unspecified atom stereocenters. The Hall–Kier alpha value is -1.94. The summed E-state index contributed by atoms with van der Waals surface area (Å²) in [6, 6.07) is 0. The summed E-state index contributed by atoms with van der Waals surface area (Å²) in [4.78, 5) is 72.6. The van der Waals surface area contributed by atoms with Gasteiger partial charge in [0.15, 0.2) is 12.2 Å². The molecule has 0 aromatic heterocycles. The minimum absolute atomic E-state index is 0.107. The summed E-state index contributed by atoms with van der Waals surface area (Å²) < 4.78 is 68.4. The van der Waals surface area contributed by atoms with E-state index < -0.39 is 97.5 Å². The number of hydrogen-bond donors (Lipinski definition) is 3. The van der Waals surface area contributed by atoms with Crippen LogP contribution in [0.5, 0.6) is 0 Å². The molecule has 0 heterocycles. The zero-order valence-corrected chi connectivity index (χ0v) is 61.6. The first-order valence-electron chi connectivity index (χ1n) is 38.0. The predicted molar refractivity (Wildman–Crippen MR) is 372 cm³/mol. The molecule has 5 atom stereocenters. The fraction of sp³-hybridized carbons (Fsp3) is 0.945. The van der Waals surface area contributed by atoms with Gasteiger partial charge in [0.05, 0.1) is 26.4 Å². The Bertz CT molecular complexity index is 1790. The summed E-state index contributed by atoms with van der Waals surface area (Å²) in [5.74, 6) is -0.541. The van der Waals surface area contributed by atoms with Crippen molar-refractivity contribution < 1.29 is 80.2 Å². The number of unbranched alkanes of at least 4 members (excludes halogenated alkanes) is 42. The van der Waals surface area contributed by atoms with Crippen molar-refractivity contribution >= 4 is 39.5 Å². The van der Waals surface area contributed by atoms with Crippen LogP contribution in [-0.2, 0) is 65.4 Å². The van der Waals surface area contributed by atoms with Crippen molar-refractivity contribution in [3.05, 3.63) is 0 Å². The van der Waals surface area contributed by atoms with Gasteiger partial charge in [-0.2, -0.15) is 0 Å². The summed E-state index contributed by atoms with van der Waals surface area (Å²) in [5, 5.41) is 10.6. The third-order valence-electron chi connectivity index (χ3n) is 17.0. The van der Waals surface area contributed by atoms with Crippen LogP contribution in [0.1, 0.15) is 375 Å². The molecule has 0 aliphatic rings. The number of phosphoric acid groups is 2. The van der Waals surface area contributed by atoms with Crippen LogP contribution >= 0.6 is 15.6 Å². The van der Waals surface area contributed by atoms with Crippen molar-refractivity contribution in [2.75, 3.05) is 39.6 Å². The molecule has 0 rings (SSSR count). The molecule has 0 saturated heterocycles. The largest absolute Gasteiger partial charge is 0.472 e. The van der Waals surface area contributed by atoms with Crippen LogP contribution in [-0.4, -0.2) is 96.7 Å². The zero-order chi connectivity index (χ0) is 67.9. The molecule has 3 N–H and O–H groups in total. The Morgan fingerprint density at radius 2 is 0.500 bits per heavy atom. The van der Waals surface area contributed by atoms with Gasteiger partial charge in [-0.05, 0) is 37.5 Å². The number of carbonyl (C=O) groups is 4. The van der Waals surface area contributed by atoms with E-state index in [9.17, 15) is 43.2 Å². The summed E-state index contributed by atoms with van der Waals surface area (Å²) >= 11 is 0. The lowest BCUT2D eigenvalue weighted by atomic mass is 10.0. The van der Waals surface area contributed by atoms with Gasteiger partial charge in [0.1, 0.15) is 19.3 Å². The number of aliphatic hydroxyl groups excluding tert-OH is 1. The average Bonchev–Trinajstić information content (AvgIpc) is 1.72. The Labute approximate surface area is 562 Å². The van der Waals surface area contributed by atoms with Gasteiger partial charge in [-0.3, -0.25) is 37.3 Å². The molecule has 17 nitrogen and oxygen atoms in total. The molecule has 0 radical (unpaired) electrons. The fourth-order valence-electron chi connectivity index (χ4n) is 11.1. The van der Waals surface area contributed by atoms with Crippen molar-refractivity contribution in [2.24, 2.45) is 11.8 Å². The van der Waals surface area contributed by atoms with Crippen molar-refractivity contribution in [1.29, 1.82) is 0 Å². The van der Waals surface area contributed by atoms with Crippen LogP contribution in [0.3, 0.4) is 0 Å². The number of rotatable bonds is 72. The molecule has 0 saturated carbocycles. The van der Waals surface area contributed by atoms with Crippen LogP contribution in [0.25, 0.3) is 0 Å². The topological polar surface area (TPSA) is 237 Å². The molecule has 0 aliphatic heterocycles. The number of ether oxygens (including phenoxy) is 4. The first-order chi connectivity index (χ1) is 44.4. The highest BCUT2D eigenvalue weighted by Gasteiger charge is 2.30. The molecule has 0 amide bonds. The third-order valence-corrected chi connectivity index (χ3v) is 18.9. The van der Waals surface area contributed by atoms with Crippen LogP contribution in [0.4, 0.5) is 0 Å². The van der Waals surface area contributed by atoms with Gasteiger partial charge in [0, 0.05) is 25.7 Å². The summed E-state index contributed by atoms with van der Waals surface area (Å²) in [5.41, 5.74) is 0. The lowest BCUT2D eigenvalue weighted by Gasteiger charge is -2.21. The van der Waals surface area contributed by atoms with Crippen molar-refractivity contribution in [2.45, 2.75) is 394 Å². The average molecular weight is 1350 g/mol. The standard InChI is InChI=1S/C73H142O17P2/c1-7-9-11-13-15-17-31-37-43-49-55-70(75)83-61-68(89-72(77)57-51-45-39-32-18-16-14-12-10-8-2)63-87-91(79,80)85-59-67(74)60-86-92(81,82)88-64-69(90-73(78)58-52-46-40-34-28-24-20-22-26-30-36-42-48-54-66(5)6)62-84-71(76)56-50-44-38-33-27-23-19-21-25-29-35-41-47-53-65(3)4/h65-69,74H,7-64H2,1-6H3,(H,79,80)(H,81,82)/t67-,68+,69+/m0/s1. The first kappa shape index (κ1) is 90.1. The number of esters is 4. The van der Waals surface area contributed by atoms with Crippen molar-refractivity contribution in [3.8, 4) is 0 Å². The summed E-state index contributed by atoms with van der Waals surface area (Å²) in [7, 11) is -9.90. The second-order valence-electron chi connectivity index (χ2n) is 27.3. The molecule has 0 aromatic carbocycles. The predicted octanol–water partition coefficient (Wildman–Crippen LogP) is 21.2. The van der Waals surface area contributed by atoms with Gasteiger partial charge in [-0.25, -0.2) is 9.13 Å². The van der Waals surface area contributed by atoms with E-state index in [0.717, 1.165) is 102 Å². The highest BCUT2D eigenvalue weighted by Crippen LogP contribution is 2.45. The maximum Gasteiger partial charge on any atom is 0.472 e. The first-order valence-corrected chi connectivity index (χ1v) is 41.0. The number of aliphatic hydroxyl groups is 1. The molecular formula is C73H142O17P2. The monoisotopic (exact) mass is 1350 g/mol. The smallest absolute Gasteiger partial charge is 0.462 e. The second-order valence-corrected chi connectivity index (χ2v) is 30.2. The summed E-state index contributed by atoms with van der Waals surface area (Å²) in [6.45, 7) is 9.59. The fourth-order valence-corrected chi connectivity index (χ4v) is 12.7. The minimum Gasteiger partial charge on any atom is -0.462 e. The molecule has 0 aliphatic carbocycles. The summed E-state index contributed by atoms with van der Waals surface area (Å²) in [6.07, 6.45) is 51.2. The lowest BCUT2D eigenvalue weighted by molar-refractivity contribution is -0.161. The van der Waals surface area contributed by atoms with Crippen molar-refractivity contribution in [1.82, 2.24) is 0 Å². The quantitative estimate of drug-likeness (QED) is 0.0222. The maximum absolute atomic E-state index is 13.1. The molecule has 0 spiro atoms. The molecular weight excluding hydrogens is 1210 g/mol. The Kier molecular flexibility index (Phi) is 63.7. The van der Waals surface area contributed by atoms with E-state index in [2.05, 4.69) is 41.5 Å². The van der Waals surface area contributed by atoms with Gasteiger partial charge < -0.3 is 33.8 Å². The van der Waals surface area contributed by atoms with Crippen molar-refractivity contribution in [3.63, 3.8) is 0 Å². The van der Waals surface area contributed by atoms with E-state index in [1.54, 1.807) is 0 Å². The molecule has 0 bridgehead atoms. The van der Waals surface area contributed by atoms with E-state index in [-0.39, 0.29) is 25.7 Å². The number of hydrogen-bond acceptors (Lipinski definition) is 15. The van der Waals surface area contributed by atoms with Crippen LogP contribution in [0.2, 0.25) is 0 Å². The van der Waals surface area contributed by atoms with Crippen LogP contribution in [0.15, 0.2) is 0 Å². The second kappa shape index (κ2) is 65.0. The Morgan fingerprint density at radius 3 is 0.739 bits per heavy atom. The Morgan fingerprint density at radius 1 is 0.293 bits per heavy atom. The Balaban J connectivity index is 5.23. The molecule has 0 fully saturated rings.